The Morgan fingerprint density at radius 1 is 1.26 bits per heavy atom. The molecule has 0 spiro atoms. The minimum absolute atomic E-state index is 0.0984. The average Bonchev–Trinajstić information content (AvgIpc) is 3.08. The first-order valence-electron chi connectivity index (χ1n) is 7.19. The normalized spacial score (nSPS) is 16.2. The lowest BCUT2D eigenvalue weighted by Gasteiger charge is -2.23. The van der Waals surface area contributed by atoms with Crippen LogP contribution in [0.15, 0.2) is 0 Å². The quantitative estimate of drug-likeness (QED) is 0.712. The van der Waals surface area contributed by atoms with Crippen LogP contribution in [0, 0.1) is 5.92 Å². The molecule has 1 saturated carbocycles. The van der Waals surface area contributed by atoms with Crippen molar-refractivity contribution in [1.82, 2.24) is 10.2 Å². The van der Waals surface area contributed by atoms with E-state index in [0.29, 0.717) is 5.92 Å². The monoisotopic (exact) mass is 270 g/mol. The molecule has 0 aromatic carbocycles. The fourth-order valence-corrected chi connectivity index (χ4v) is 2.10. The van der Waals surface area contributed by atoms with Crippen molar-refractivity contribution in [3.8, 4) is 0 Å². The van der Waals surface area contributed by atoms with Gasteiger partial charge in [-0.2, -0.15) is 0 Å². The van der Waals surface area contributed by atoms with Gasteiger partial charge in [0.1, 0.15) is 6.54 Å². The van der Waals surface area contributed by atoms with Crippen molar-refractivity contribution in [2.45, 2.75) is 65.0 Å². The van der Waals surface area contributed by atoms with Crippen LogP contribution in [0.2, 0.25) is 0 Å². The Morgan fingerprint density at radius 2 is 1.89 bits per heavy atom. The Morgan fingerprint density at radius 3 is 2.37 bits per heavy atom. The van der Waals surface area contributed by atoms with E-state index in [1.54, 1.807) is 0 Å². The van der Waals surface area contributed by atoms with Crippen LogP contribution in [0.1, 0.15) is 52.9 Å². The smallest absolute Gasteiger partial charge is 0.323 e. The number of aliphatic carboxylic acids is 1. The van der Waals surface area contributed by atoms with E-state index in [0.717, 1.165) is 32.1 Å². The van der Waals surface area contributed by atoms with Gasteiger partial charge >= 0.3 is 12.0 Å². The molecule has 1 aliphatic carbocycles. The first-order valence-corrected chi connectivity index (χ1v) is 7.19. The van der Waals surface area contributed by atoms with E-state index in [9.17, 15) is 9.59 Å². The summed E-state index contributed by atoms with van der Waals surface area (Å²) in [5.41, 5.74) is 0. The summed E-state index contributed by atoms with van der Waals surface area (Å²) in [7, 11) is 0. The molecule has 5 heteroatoms. The van der Waals surface area contributed by atoms with E-state index in [2.05, 4.69) is 19.2 Å². The highest BCUT2D eigenvalue weighted by molar-refractivity contribution is 5.80. The van der Waals surface area contributed by atoms with Gasteiger partial charge in [-0.15, -0.1) is 0 Å². The summed E-state index contributed by atoms with van der Waals surface area (Å²) < 4.78 is 0. The third-order valence-corrected chi connectivity index (χ3v) is 3.34. The highest BCUT2D eigenvalue weighted by Crippen LogP contribution is 2.26. The van der Waals surface area contributed by atoms with Gasteiger partial charge in [0.15, 0.2) is 0 Å². The van der Waals surface area contributed by atoms with E-state index in [1.165, 1.54) is 4.90 Å². The maximum Gasteiger partial charge on any atom is 0.323 e. The number of carbonyl (C=O) groups is 2. The van der Waals surface area contributed by atoms with E-state index in [-0.39, 0.29) is 24.7 Å². The molecule has 0 saturated heterocycles. The number of amides is 2. The number of carboxylic acids is 1. The van der Waals surface area contributed by atoms with Crippen molar-refractivity contribution >= 4 is 12.0 Å². The first kappa shape index (κ1) is 15.8. The molecule has 5 nitrogen and oxygen atoms in total. The summed E-state index contributed by atoms with van der Waals surface area (Å²) in [6.07, 6.45) is 5.02. The molecule has 0 heterocycles. The summed E-state index contributed by atoms with van der Waals surface area (Å²) in [5, 5.41) is 11.7. The van der Waals surface area contributed by atoms with Crippen LogP contribution in [-0.4, -0.2) is 40.6 Å². The van der Waals surface area contributed by atoms with Crippen molar-refractivity contribution < 1.29 is 14.7 Å². The third kappa shape index (κ3) is 6.45. The third-order valence-electron chi connectivity index (χ3n) is 3.34. The van der Waals surface area contributed by atoms with Crippen molar-refractivity contribution in [3.63, 3.8) is 0 Å². The van der Waals surface area contributed by atoms with Gasteiger partial charge in [0, 0.05) is 12.1 Å². The van der Waals surface area contributed by atoms with E-state index >= 15 is 0 Å². The number of nitrogens with one attached hydrogen (secondary N) is 1. The Bertz CT molecular complexity index is 314. The summed E-state index contributed by atoms with van der Waals surface area (Å²) in [6.45, 7) is 6.15. The standard InChI is InChI=1S/C14H26N2O3/c1-10(2)5-4-6-11(3)15-14(19)16(9-13(17)18)12-7-8-12/h10-12H,4-9H2,1-3H3,(H,15,19)(H,17,18). The van der Waals surface area contributed by atoms with Crippen molar-refractivity contribution in [1.29, 1.82) is 0 Å². The van der Waals surface area contributed by atoms with E-state index in [1.807, 2.05) is 6.92 Å². The highest BCUT2D eigenvalue weighted by atomic mass is 16.4. The number of carbonyl (C=O) groups excluding carboxylic acids is 1. The Kier molecular flexibility index (Phi) is 6.12. The molecule has 1 fully saturated rings. The zero-order chi connectivity index (χ0) is 14.4. The topological polar surface area (TPSA) is 69.6 Å². The molecule has 0 aliphatic heterocycles. The molecule has 2 N–H and O–H groups in total. The largest absolute Gasteiger partial charge is 0.480 e. The second-order valence-electron chi connectivity index (χ2n) is 5.93. The Hall–Kier alpha value is -1.26. The zero-order valence-corrected chi connectivity index (χ0v) is 12.2. The molecular formula is C14H26N2O3. The second-order valence-corrected chi connectivity index (χ2v) is 5.93. The Labute approximate surface area is 115 Å². The van der Waals surface area contributed by atoms with Gasteiger partial charge in [-0.1, -0.05) is 26.7 Å². The molecule has 2 amide bonds. The Balaban J connectivity index is 2.32. The van der Waals surface area contributed by atoms with E-state index in [4.69, 9.17) is 5.11 Å². The minimum atomic E-state index is -0.950. The van der Waals surface area contributed by atoms with Crippen molar-refractivity contribution in [2.24, 2.45) is 5.92 Å². The van der Waals surface area contributed by atoms with Crippen LogP contribution < -0.4 is 5.32 Å². The van der Waals surface area contributed by atoms with Crippen LogP contribution in [0.25, 0.3) is 0 Å². The number of hydrogen-bond donors (Lipinski definition) is 2. The van der Waals surface area contributed by atoms with Gasteiger partial charge in [0.25, 0.3) is 0 Å². The molecule has 0 aromatic heterocycles. The molecule has 1 unspecified atom stereocenters. The number of hydrogen-bond acceptors (Lipinski definition) is 2. The van der Waals surface area contributed by atoms with Gasteiger partial charge < -0.3 is 15.3 Å². The highest BCUT2D eigenvalue weighted by Gasteiger charge is 2.34. The van der Waals surface area contributed by atoms with Crippen LogP contribution in [0.3, 0.4) is 0 Å². The SMILES string of the molecule is CC(C)CCCC(C)NC(=O)N(CC(=O)O)C1CC1. The number of rotatable bonds is 8. The average molecular weight is 270 g/mol. The number of carboxylic acid groups (broad SMARTS) is 1. The zero-order valence-electron chi connectivity index (χ0n) is 12.2. The predicted octanol–water partition coefficient (Wildman–Crippen LogP) is 2.46. The lowest BCUT2D eigenvalue weighted by atomic mass is 10.0. The molecule has 1 rings (SSSR count). The molecule has 110 valence electrons. The summed E-state index contributed by atoms with van der Waals surface area (Å²) in [4.78, 5) is 24.2. The van der Waals surface area contributed by atoms with Crippen LogP contribution >= 0.6 is 0 Å². The van der Waals surface area contributed by atoms with Crippen LogP contribution in [-0.2, 0) is 4.79 Å². The summed E-state index contributed by atoms with van der Waals surface area (Å²) in [6, 6.07) is -0.0118. The molecule has 19 heavy (non-hydrogen) atoms. The van der Waals surface area contributed by atoms with Gasteiger partial charge in [0.05, 0.1) is 0 Å². The molecule has 0 bridgehead atoms. The number of nitrogens with zero attached hydrogens (tertiary/aromatic N) is 1. The maximum atomic E-state index is 12.0. The van der Waals surface area contributed by atoms with Crippen LogP contribution in [0.4, 0.5) is 4.79 Å². The van der Waals surface area contributed by atoms with Crippen molar-refractivity contribution in [2.75, 3.05) is 6.54 Å². The summed E-state index contributed by atoms with van der Waals surface area (Å²) in [5.74, 6) is -0.271. The fraction of sp³-hybridized carbons (Fsp3) is 0.857. The lowest BCUT2D eigenvalue weighted by Crippen LogP contribution is -2.47. The predicted molar refractivity (Wildman–Crippen MR) is 74.0 cm³/mol. The van der Waals surface area contributed by atoms with Gasteiger partial charge in [-0.3, -0.25) is 4.79 Å². The van der Waals surface area contributed by atoms with Gasteiger partial charge in [-0.05, 0) is 32.1 Å². The van der Waals surface area contributed by atoms with Crippen LogP contribution in [0.5, 0.6) is 0 Å². The lowest BCUT2D eigenvalue weighted by molar-refractivity contribution is -0.137. The van der Waals surface area contributed by atoms with Crippen molar-refractivity contribution in [3.05, 3.63) is 0 Å². The molecular weight excluding hydrogens is 244 g/mol. The maximum absolute atomic E-state index is 12.0. The second kappa shape index (κ2) is 7.36. The van der Waals surface area contributed by atoms with Gasteiger partial charge in [-0.25, -0.2) is 4.79 Å². The molecule has 1 aliphatic rings. The first-order chi connectivity index (χ1) is 8.90. The molecule has 0 aromatic rings. The number of urea groups is 1. The summed E-state index contributed by atoms with van der Waals surface area (Å²) >= 11 is 0. The molecule has 0 radical (unpaired) electrons. The fourth-order valence-electron chi connectivity index (χ4n) is 2.10. The van der Waals surface area contributed by atoms with E-state index < -0.39 is 5.97 Å². The minimum Gasteiger partial charge on any atom is -0.480 e. The molecule has 1 atom stereocenters. The van der Waals surface area contributed by atoms with Gasteiger partial charge in [0.2, 0.25) is 0 Å².